The van der Waals surface area contributed by atoms with E-state index in [2.05, 4.69) is 217 Å². The summed E-state index contributed by atoms with van der Waals surface area (Å²) in [5.41, 5.74) is 12.6. The number of rotatable bonds is 6. The molecule has 56 heavy (non-hydrogen) atoms. The van der Waals surface area contributed by atoms with Crippen LogP contribution in [-0.4, -0.2) is 0 Å². The number of nitrogens with zero attached hydrogens (tertiary/aromatic N) is 1. The van der Waals surface area contributed by atoms with Crippen LogP contribution in [0.2, 0.25) is 0 Å². The van der Waals surface area contributed by atoms with Gasteiger partial charge in [-0.25, -0.2) is 0 Å². The van der Waals surface area contributed by atoms with E-state index in [1.165, 1.54) is 54.7 Å². The Morgan fingerprint density at radius 1 is 0.304 bits per heavy atom. The van der Waals surface area contributed by atoms with Crippen LogP contribution in [0.1, 0.15) is 0 Å². The minimum atomic E-state index is 0.881. The van der Waals surface area contributed by atoms with E-state index in [1.807, 2.05) is 0 Å². The summed E-state index contributed by atoms with van der Waals surface area (Å²) in [4.78, 5) is 2.42. The molecular weight excluding hydrogens is 679 g/mol. The van der Waals surface area contributed by atoms with E-state index in [9.17, 15) is 0 Å². The third-order valence-electron chi connectivity index (χ3n) is 11.2. The summed E-state index contributed by atoms with van der Waals surface area (Å²) in [5, 5.41) is 7.28. The lowest BCUT2D eigenvalue weighted by atomic mass is 9.92. The predicted octanol–water partition coefficient (Wildman–Crippen LogP) is 15.4. The molecule has 0 atom stereocenters. The maximum absolute atomic E-state index is 6.47. The number of anilines is 3. The fourth-order valence-corrected chi connectivity index (χ4v) is 8.64. The van der Waals surface area contributed by atoms with Crippen molar-refractivity contribution in [2.45, 2.75) is 0 Å². The molecule has 0 radical (unpaired) electrons. The number of benzene rings is 10. The molecule has 2 nitrogen and oxygen atoms in total. The summed E-state index contributed by atoms with van der Waals surface area (Å²) >= 11 is 0. The highest BCUT2D eigenvalue weighted by atomic mass is 16.5. The van der Waals surface area contributed by atoms with Crippen LogP contribution in [0.25, 0.3) is 76.8 Å². The van der Waals surface area contributed by atoms with Crippen molar-refractivity contribution < 1.29 is 4.74 Å². The van der Waals surface area contributed by atoms with Crippen molar-refractivity contribution in [3.05, 3.63) is 212 Å². The Labute approximate surface area is 326 Å². The average molecular weight is 714 g/mol. The van der Waals surface area contributed by atoms with Crippen LogP contribution >= 0.6 is 0 Å². The molecule has 10 aromatic carbocycles. The molecule has 0 saturated heterocycles. The van der Waals surface area contributed by atoms with E-state index in [-0.39, 0.29) is 0 Å². The standard InChI is InChI=1S/C54H35NO/c1-3-23-44-36(13-1)15-9-26-46(44)41-20-8-22-43(34-41)55(51-29-6-5-25-48(51)47-27-10-16-37-14-2-4-24-45(37)47)42-21-7-19-39(33-42)40-31-32-52-50(35-40)49-28-11-17-38-18-12-30-53(56-52)54(38)49/h1-35H. The normalized spacial score (nSPS) is 11.7. The second kappa shape index (κ2) is 13.2. The second-order valence-corrected chi connectivity index (χ2v) is 14.5. The first kappa shape index (κ1) is 32.0. The van der Waals surface area contributed by atoms with Gasteiger partial charge in [-0.2, -0.15) is 0 Å². The van der Waals surface area contributed by atoms with Crippen LogP contribution in [0, 0.1) is 0 Å². The zero-order valence-electron chi connectivity index (χ0n) is 30.6. The largest absolute Gasteiger partial charge is 0.456 e. The minimum absolute atomic E-state index is 0.881. The van der Waals surface area contributed by atoms with Crippen molar-refractivity contribution >= 4 is 49.4 Å². The van der Waals surface area contributed by atoms with Crippen LogP contribution in [0.3, 0.4) is 0 Å². The minimum Gasteiger partial charge on any atom is -0.456 e. The molecule has 262 valence electrons. The van der Waals surface area contributed by atoms with Gasteiger partial charge in [-0.3, -0.25) is 0 Å². The van der Waals surface area contributed by atoms with Gasteiger partial charge in [0.1, 0.15) is 11.5 Å². The van der Waals surface area contributed by atoms with Gasteiger partial charge in [0, 0.05) is 27.9 Å². The van der Waals surface area contributed by atoms with Gasteiger partial charge in [0.05, 0.1) is 5.69 Å². The maximum Gasteiger partial charge on any atom is 0.135 e. The van der Waals surface area contributed by atoms with Gasteiger partial charge in [-0.1, -0.05) is 164 Å². The molecule has 0 fully saturated rings. The van der Waals surface area contributed by atoms with E-state index < -0.39 is 0 Å². The van der Waals surface area contributed by atoms with Gasteiger partial charge >= 0.3 is 0 Å². The SMILES string of the molecule is c1cc(-c2ccc3c(c2)-c2cccc4cccc(c24)O3)cc(N(c2cccc(-c3cccc4ccccc34)c2)c2ccccc2-c2cccc3ccccc23)c1. The predicted molar refractivity (Wildman–Crippen MR) is 235 cm³/mol. The molecule has 0 amide bonds. The monoisotopic (exact) mass is 713 g/mol. The van der Waals surface area contributed by atoms with Crippen molar-refractivity contribution in [1.82, 2.24) is 0 Å². The number of ether oxygens (including phenoxy) is 1. The lowest BCUT2D eigenvalue weighted by Gasteiger charge is -2.29. The molecular formula is C54H35NO. The Balaban J connectivity index is 1.10. The lowest BCUT2D eigenvalue weighted by molar-refractivity contribution is 0.487. The number of hydrogen-bond acceptors (Lipinski definition) is 2. The molecule has 0 aromatic heterocycles. The summed E-state index contributed by atoms with van der Waals surface area (Å²) in [6.07, 6.45) is 0. The summed E-state index contributed by atoms with van der Waals surface area (Å²) < 4.78 is 6.47. The average Bonchev–Trinajstić information content (AvgIpc) is 3.27. The molecule has 1 aliphatic rings. The summed E-state index contributed by atoms with van der Waals surface area (Å²) in [5.74, 6) is 1.79. The van der Waals surface area contributed by atoms with Crippen molar-refractivity contribution in [2.75, 3.05) is 4.90 Å². The Bertz CT molecular complexity index is 3130. The van der Waals surface area contributed by atoms with Crippen LogP contribution in [0.5, 0.6) is 11.5 Å². The third kappa shape index (κ3) is 5.34. The summed E-state index contributed by atoms with van der Waals surface area (Å²) in [6.45, 7) is 0. The van der Waals surface area contributed by atoms with Gasteiger partial charge in [0.2, 0.25) is 0 Å². The number of para-hydroxylation sites is 1. The van der Waals surface area contributed by atoms with E-state index in [4.69, 9.17) is 4.74 Å². The van der Waals surface area contributed by atoms with Gasteiger partial charge in [0.15, 0.2) is 0 Å². The summed E-state index contributed by atoms with van der Waals surface area (Å²) in [7, 11) is 0. The van der Waals surface area contributed by atoms with Crippen LogP contribution in [-0.2, 0) is 0 Å². The fraction of sp³-hybridized carbons (Fsp3) is 0. The van der Waals surface area contributed by atoms with E-state index in [0.29, 0.717) is 0 Å². The highest BCUT2D eigenvalue weighted by Crippen LogP contribution is 2.49. The molecule has 2 heteroatoms. The Morgan fingerprint density at radius 2 is 0.839 bits per heavy atom. The molecule has 0 spiro atoms. The van der Waals surface area contributed by atoms with Gasteiger partial charge in [-0.15, -0.1) is 0 Å². The first-order valence-corrected chi connectivity index (χ1v) is 19.2. The lowest BCUT2D eigenvalue weighted by Crippen LogP contribution is -2.11. The van der Waals surface area contributed by atoms with Crippen LogP contribution in [0.4, 0.5) is 17.1 Å². The molecule has 10 aromatic rings. The van der Waals surface area contributed by atoms with Crippen molar-refractivity contribution in [2.24, 2.45) is 0 Å². The third-order valence-corrected chi connectivity index (χ3v) is 11.2. The quantitative estimate of drug-likeness (QED) is 0.170. The van der Waals surface area contributed by atoms with Crippen molar-refractivity contribution in [1.29, 1.82) is 0 Å². The smallest absolute Gasteiger partial charge is 0.135 e. The van der Waals surface area contributed by atoms with Gasteiger partial charge in [-0.05, 0) is 109 Å². The topological polar surface area (TPSA) is 12.5 Å². The van der Waals surface area contributed by atoms with Crippen molar-refractivity contribution in [3.8, 4) is 56.0 Å². The summed E-state index contributed by atoms with van der Waals surface area (Å²) in [6, 6.07) is 76.6. The fourth-order valence-electron chi connectivity index (χ4n) is 8.64. The van der Waals surface area contributed by atoms with Gasteiger partial charge in [0.25, 0.3) is 0 Å². The van der Waals surface area contributed by atoms with E-state index >= 15 is 0 Å². The molecule has 1 heterocycles. The highest BCUT2D eigenvalue weighted by Gasteiger charge is 2.22. The Hall–Kier alpha value is -7.42. The molecule has 0 saturated carbocycles. The zero-order chi connectivity index (χ0) is 37.0. The molecule has 11 rings (SSSR count). The molecule has 0 N–H and O–H groups in total. The highest BCUT2D eigenvalue weighted by molar-refractivity contribution is 6.05. The second-order valence-electron chi connectivity index (χ2n) is 14.5. The first-order valence-electron chi connectivity index (χ1n) is 19.2. The van der Waals surface area contributed by atoms with E-state index in [1.54, 1.807) is 0 Å². The van der Waals surface area contributed by atoms with Crippen LogP contribution < -0.4 is 9.64 Å². The molecule has 0 bridgehead atoms. The number of fused-ring (bicyclic) bond motifs is 4. The maximum atomic E-state index is 6.47. The Kier molecular flexibility index (Phi) is 7.53. The first-order chi connectivity index (χ1) is 27.8. The molecule has 0 aliphatic carbocycles. The van der Waals surface area contributed by atoms with E-state index in [0.717, 1.165) is 50.6 Å². The van der Waals surface area contributed by atoms with Gasteiger partial charge < -0.3 is 9.64 Å². The molecule has 0 unspecified atom stereocenters. The van der Waals surface area contributed by atoms with Crippen LogP contribution in [0.15, 0.2) is 212 Å². The number of hydrogen-bond donors (Lipinski definition) is 0. The van der Waals surface area contributed by atoms with Crippen molar-refractivity contribution in [3.63, 3.8) is 0 Å². The zero-order valence-corrected chi connectivity index (χ0v) is 30.6. The Morgan fingerprint density at radius 3 is 1.62 bits per heavy atom. The molecule has 1 aliphatic heterocycles.